The van der Waals surface area contributed by atoms with Gasteiger partial charge in [-0.2, -0.15) is 5.06 Å². The molecule has 2 fully saturated rings. The van der Waals surface area contributed by atoms with Crippen molar-refractivity contribution in [1.29, 1.82) is 0 Å². The average molecular weight is 424 g/mol. The molecule has 0 spiro atoms. The Hall–Kier alpha value is -0.820. The van der Waals surface area contributed by atoms with Crippen LogP contribution in [-0.2, 0) is 4.84 Å². The molecule has 29 heavy (non-hydrogen) atoms. The van der Waals surface area contributed by atoms with E-state index < -0.39 is 0 Å². The van der Waals surface area contributed by atoms with Gasteiger partial charge in [-0.05, 0) is 57.7 Å². The van der Waals surface area contributed by atoms with E-state index in [9.17, 15) is 0 Å². The molecule has 1 aromatic rings. The van der Waals surface area contributed by atoms with Gasteiger partial charge in [0.15, 0.2) is 5.82 Å². The van der Waals surface area contributed by atoms with E-state index in [1.807, 2.05) is 0 Å². The lowest BCUT2D eigenvalue weighted by Gasteiger charge is -2.59. The molecule has 6 nitrogen and oxygen atoms in total. The molecule has 1 aromatic heterocycles. The van der Waals surface area contributed by atoms with Crippen LogP contribution in [-0.4, -0.2) is 44.2 Å². The van der Waals surface area contributed by atoms with Crippen LogP contribution in [0.3, 0.4) is 0 Å². The molecule has 1 saturated heterocycles. The summed E-state index contributed by atoms with van der Waals surface area (Å²) in [7, 11) is 0. The standard InChI is InChI=1S/C22H38ClN5O/c1-6-7-13-24-18-14-17(19-25-15-26-20(23)27-19)28(22(4,5)21(18,2)3)29-16-11-9-8-10-12-16/h15-18,24H,6-14H2,1-5H3. The van der Waals surface area contributed by atoms with Crippen molar-refractivity contribution in [3.63, 3.8) is 0 Å². The van der Waals surface area contributed by atoms with Crippen LogP contribution in [0, 0.1) is 5.41 Å². The van der Waals surface area contributed by atoms with Crippen LogP contribution in [0.1, 0.15) is 97.9 Å². The van der Waals surface area contributed by atoms with Gasteiger partial charge in [-0.15, -0.1) is 0 Å². The van der Waals surface area contributed by atoms with Crippen molar-refractivity contribution in [2.24, 2.45) is 5.41 Å². The first-order chi connectivity index (χ1) is 13.8. The fourth-order valence-electron chi connectivity index (χ4n) is 4.70. The van der Waals surface area contributed by atoms with Gasteiger partial charge < -0.3 is 5.32 Å². The minimum atomic E-state index is -0.212. The molecule has 0 bridgehead atoms. The second kappa shape index (κ2) is 9.54. The Kier molecular flexibility index (Phi) is 7.52. The van der Waals surface area contributed by atoms with Crippen LogP contribution in [0.2, 0.25) is 5.28 Å². The van der Waals surface area contributed by atoms with Crippen molar-refractivity contribution in [1.82, 2.24) is 25.3 Å². The quantitative estimate of drug-likeness (QED) is 0.615. The highest BCUT2D eigenvalue weighted by molar-refractivity contribution is 6.28. The lowest BCUT2D eigenvalue weighted by atomic mass is 9.64. The summed E-state index contributed by atoms with van der Waals surface area (Å²) in [5.74, 6) is 0.701. The van der Waals surface area contributed by atoms with E-state index in [2.05, 4.69) is 60.0 Å². The van der Waals surface area contributed by atoms with Gasteiger partial charge in [0.2, 0.25) is 5.28 Å². The zero-order valence-corrected chi connectivity index (χ0v) is 19.5. The number of hydrogen-bond acceptors (Lipinski definition) is 6. The van der Waals surface area contributed by atoms with Crippen molar-refractivity contribution in [2.75, 3.05) is 6.54 Å². The first-order valence-corrected chi connectivity index (χ1v) is 11.7. The zero-order valence-electron chi connectivity index (χ0n) is 18.7. The number of unbranched alkanes of at least 4 members (excludes halogenated alkanes) is 1. The van der Waals surface area contributed by atoms with E-state index in [-0.39, 0.29) is 28.4 Å². The predicted octanol–water partition coefficient (Wildman–Crippen LogP) is 5.10. The first-order valence-electron chi connectivity index (χ1n) is 11.3. The van der Waals surface area contributed by atoms with Crippen molar-refractivity contribution >= 4 is 11.6 Å². The molecule has 7 heteroatoms. The van der Waals surface area contributed by atoms with Gasteiger partial charge in [-0.25, -0.2) is 15.0 Å². The van der Waals surface area contributed by atoms with Gasteiger partial charge in [0.05, 0.1) is 12.1 Å². The fraction of sp³-hybridized carbons (Fsp3) is 0.864. The molecular formula is C22H38ClN5O. The number of hydrogen-bond donors (Lipinski definition) is 1. The third kappa shape index (κ3) is 4.92. The third-order valence-electron chi connectivity index (χ3n) is 7.34. The molecule has 2 heterocycles. The molecule has 1 saturated carbocycles. The van der Waals surface area contributed by atoms with Crippen LogP contribution < -0.4 is 5.32 Å². The SMILES string of the molecule is CCCCNC1CC(c2ncnc(Cl)n2)N(OC2CCCCC2)C(C)(C)C1(C)C. The summed E-state index contributed by atoms with van der Waals surface area (Å²) in [5.41, 5.74) is -0.209. The van der Waals surface area contributed by atoms with Crippen LogP contribution in [0.25, 0.3) is 0 Å². The average Bonchev–Trinajstić information content (AvgIpc) is 2.69. The first kappa shape index (κ1) is 22.9. The van der Waals surface area contributed by atoms with Gasteiger partial charge in [0.1, 0.15) is 6.33 Å². The normalized spacial score (nSPS) is 27.8. The van der Waals surface area contributed by atoms with Gasteiger partial charge in [-0.3, -0.25) is 4.84 Å². The highest BCUT2D eigenvalue weighted by Crippen LogP contribution is 2.50. The zero-order chi connectivity index (χ0) is 21.1. The smallest absolute Gasteiger partial charge is 0.225 e. The van der Waals surface area contributed by atoms with Gasteiger partial charge in [-0.1, -0.05) is 46.5 Å². The Morgan fingerprint density at radius 2 is 1.90 bits per heavy atom. The molecule has 164 valence electrons. The van der Waals surface area contributed by atoms with Crippen LogP contribution in [0.4, 0.5) is 0 Å². The minimum Gasteiger partial charge on any atom is -0.313 e. The molecule has 0 radical (unpaired) electrons. The van der Waals surface area contributed by atoms with E-state index >= 15 is 0 Å². The van der Waals surface area contributed by atoms with Gasteiger partial charge in [0.25, 0.3) is 0 Å². The summed E-state index contributed by atoms with van der Waals surface area (Å²) in [6.07, 6.45) is 11.1. The molecule has 0 amide bonds. The molecule has 2 unspecified atom stereocenters. The van der Waals surface area contributed by atoms with Gasteiger partial charge >= 0.3 is 0 Å². The third-order valence-corrected chi connectivity index (χ3v) is 7.52. The summed E-state index contributed by atoms with van der Waals surface area (Å²) in [6, 6.07) is 0.273. The second-order valence-corrected chi connectivity index (χ2v) is 10.0. The number of hydroxylamine groups is 2. The Bertz CT molecular complexity index is 662. The maximum absolute atomic E-state index is 6.73. The van der Waals surface area contributed by atoms with Crippen LogP contribution in [0.15, 0.2) is 6.33 Å². The van der Waals surface area contributed by atoms with Gasteiger partial charge in [0, 0.05) is 17.0 Å². The lowest BCUT2D eigenvalue weighted by Crippen LogP contribution is -2.67. The summed E-state index contributed by atoms with van der Waals surface area (Å²) in [4.78, 5) is 19.7. The van der Waals surface area contributed by atoms with Crippen LogP contribution in [0.5, 0.6) is 0 Å². The van der Waals surface area contributed by atoms with E-state index in [1.165, 1.54) is 38.4 Å². The molecule has 2 atom stereocenters. The Morgan fingerprint density at radius 1 is 1.17 bits per heavy atom. The lowest BCUT2D eigenvalue weighted by molar-refractivity contribution is -0.317. The number of rotatable bonds is 7. The van der Waals surface area contributed by atoms with E-state index in [4.69, 9.17) is 16.4 Å². The molecule has 2 aliphatic rings. The second-order valence-electron chi connectivity index (χ2n) is 9.70. The number of aromatic nitrogens is 3. The highest BCUT2D eigenvalue weighted by atomic mass is 35.5. The minimum absolute atomic E-state index is 0.00271. The van der Waals surface area contributed by atoms with Crippen molar-refractivity contribution < 1.29 is 4.84 Å². The summed E-state index contributed by atoms with van der Waals surface area (Å²) in [5, 5.41) is 6.26. The van der Waals surface area contributed by atoms with E-state index in [0.717, 1.165) is 25.8 Å². The van der Waals surface area contributed by atoms with Crippen molar-refractivity contribution in [3.8, 4) is 0 Å². The molecule has 1 aliphatic carbocycles. The monoisotopic (exact) mass is 423 g/mol. The Morgan fingerprint density at radius 3 is 2.55 bits per heavy atom. The summed E-state index contributed by atoms with van der Waals surface area (Å²) >= 11 is 6.13. The van der Waals surface area contributed by atoms with Crippen LogP contribution >= 0.6 is 11.6 Å². The number of nitrogens with zero attached hydrogens (tertiary/aromatic N) is 4. The van der Waals surface area contributed by atoms with Crippen molar-refractivity contribution in [3.05, 3.63) is 17.4 Å². The maximum Gasteiger partial charge on any atom is 0.225 e. The molecule has 1 N–H and O–H groups in total. The van der Waals surface area contributed by atoms with E-state index in [0.29, 0.717) is 11.9 Å². The summed E-state index contributed by atoms with van der Waals surface area (Å²) in [6.45, 7) is 12.5. The number of nitrogens with one attached hydrogen (secondary N) is 1. The Labute approximate surface area is 181 Å². The van der Waals surface area contributed by atoms with Crippen molar-refractivity contribution in [2.45, 2.75) is 110 Å². The maximum atomic E-state index is 6.73. The largest absolute Gasteiger partial charge is 0.313 e. The molecule has 3 rings (SSSR count). The molecular weight excluding hydrogens is 386 g/mol. The van der Waals surface area contributed by atoms with E-state index in [1.54, 1.807) is 0 Å². The highest BCUT2D eigenvalue weighted by Gasteiger charge is 2.55. The number of halogens is 1. The number of piperidine rings is 1. The predicted molar refractivity (Wildman–Crippen MR) is 117 cm³/mol. The summed E-state index contributed by atoms with van der Waals surface area (Å²) < 4.78 is 0. The fourth-order valence-corrected chi connectivity index (χ4v) is 4.83. The molecule has 1 aliphatic heterocycles. The Balaban J connectivity index is 1.92. The molecule has 0 aromatic carbocycles. The topological polar surface area (TPSA) is 63.2 Å².